The third-order valence-electron chi connectivity index (χ3n) is 8.60. The molecule has 0 amide bonds. The summed E-state index contributed by atoms with van der Waals surface area (Å²) in [6, 6.07) is 51.9. The van der Waals surface area contributed by atoms with Crippen molar-refractivity contribution < 1.29 is 4.42 Å². The molecule has 3 heterocycles. The molecule has 3 aromatic heterocycles. The van der Waals surface area contributed by atoms with Crippen LogP contribution in [0, 0.1) is 0 Å². The van der Waals surface area contributed by atoms with Gasteiger partial charge in [0, 0.05) is 33.7 Å². The first-order valence-electron chi connectivity index (χ1n) is 15.5. The van der Waals surface area contributed by atoms with Gasteiger partial charge in [0.25, 0.3) is 0 Å². The number of furan rings is 1. The van der Waals surface area contributed by atoms with Gasteiger partial charge in [-0.3, -0.25) is 4.98 Å². The summed E-state index contributed by atoms with van der Waals surface area (Å²) in [6.45, 7) is 0. The van der Waals surface area contributed by atoms with E-state index in [-0.39, 0.29) is 0 Å². The first-order chi connectivity index (χ1) is 23.3. The number of fused-ring (bicyclic) bond motifs is 5. The molecule has 0 fully saturated rings. The van der Waals surface area contributed by atoms with E-state index in [1.807, 2.05) is 48.5 Å². The van der Waals surface area contributed by atoms with Crippen molar-refractivity contribution in [1.82, 2.24) is 19.9 Å². The summed E-state index contributed by atoms with van der Waals surface area (Å²) in [7, 11) is 0. The van der Waals surface area contributed by atoms with Gasteiger partial charge in [-0.05, 0) is 58.0 Å². The zero-order valence-electron chi connectivity index (χ0n) is 25.2. The zero-order chi connectivity index (χ0) is 31.2. The van der Waals surface area contributed by atoms with Crippen LogP contribution in [-0.2, 0) is 0 Å². The highest BCUT2D eigenvalue weighted by atomic mass is 16.3. The molecule has 0 saturated heterocycles. The average Bonchev–Trinajstić information content (AvgIpc) is 3.55. The summed E-state index contributed by atoms with van der Waals surface area (Å²) in [4.78, 5) is 19.4. The molecule has 0 aliphatic carbocycles. The Kier molecular flexibility index (Phi) is 6.39. The fraction of sp³-hybridized carbons (Fsp3) is 0. The van der Waals surface area contributed by atoms with Crippen LogP contribution in [-0.4, -0.2) is 19.9 Å². The van der Waals surface area contributed by atoms with Crippen molar-refractivity contribution in [3.63, 3.8) is 0 Å². The Morgan fingerprint density at radius 2 is 0.872 bits per heavy atom. The van der Waals surface area contributed by atoms with E-state index in [0.717, 1.165) is 60.7 Å². The Morgan fingerprint density at radius 3 is 1.51 bits per heavy atom. The summed E-state index contributed by atoms with van der Waals surface area (Å²) in [5.74, 6) is 1.87. The molecule has 9 aromatic rings. The van der Waals surface area contributed by atoms with Crippen LogP contribution in [0.25, 0.3) is 89.3 Å². The Hall–Kier alpha value is -6.46. The van der Waals surface area contributed by atoms with Crippen molar-refractivity contribution in [1.29, 1.82) is 0 Å². The third-order valence-corrected chi connectivity index (χ3v) is 8.60. The fourth-order valence-electron chi connectivity index (χ4n) is 6.17. The van der Waals surface area contributed by atoms with Crippen LogP contribution < -0.4 is 0 Å². The molecule has 0 N–H and O–H groups in total. The van der Waals surface area contributed by atoms with Gasteiger partial charge in [0.15, 0.2) is 23.1 Å². The highest BCUT2D eigenvalue weighted by Gasteiger charge is 2.15. The molecular formula is C42H26N4O. The van der Waals surface area contributed by atoms with Crippen LogP contribution in [0.4, 0.5) is 0 Å². The number of hydrogen-bond donors (Lipinski definition) is 0. The highest BCUT2D eigenvalue weighted by Crippen LogP contribution is 2.35. The number of benzene rings is 6. The minimum absolute atomic E-state index is 0.614. The van der Waals surface area contributed by atoms with E-state index < -0.39 is 0 Å². The highest BCUT2D eigenvalue weighted by molar-refractivity contribution is 6.14. The monoisotopic (exact) mass is 602 g/mol. The molecule has 0 bridgehead atoms. The first-order valence-corrected chi connectivity index (χ1v) is 15.5. The van der Waals surface area contributed by atoms with Crippen molar-refractivity contribution in [2.75, 3.05) is 0 Å². The van der Waals surface area contributed by atoms with Gasteiger partial charge >= 0.3 is 0 Å². The zero-order valence-corrected chi connectivity index (χ0v) is 25.2. The number of rotatable bonds is 5. The van der Waals surface area contributed by atoms with Crippen LogP contribution in [0.2, 0.25) is 0 Å². The molecule has 5 heteroatoms. The van der Waals surface area contributed by atoms with Crippen molar-refractivity contribution >= 4 is 32.8 Å². The van der Waals surface area contributed by atoms with Gasteiger partial charge in [-0.2, -0.15) is 0 Å². The lowest BCUT2D eigenvalue weighted by Gasteiger charge is -2.10. The maximum atomic E-state index is 6.23. The van der Waals surface area contributed by atoms with Crippen LogP contribution in [0.3, 0.4) is 0 Å². The van der Waals surface area contributed by atoms with Gasteiger partial charge < -0.3 is 4.42 Å². The van der Waals surface area contributed by atoms with E-state index in [0.29, 0.717) is 17.5 Å². The Balaban J connectivity index is 1.10. The molecular weight excluding hydrogens is 576 g/mol. The van der Waals surface area contributed by atoms with Gasteiger partial charge in [0.2, 0.25) is 0 Å². The standard InChI is InChI=1S/C42H26N4O/c1-3-8-27(9-4-1)28-13-15-29(16-14-28)30-17-19-32(20-18-30)41-44-40(31-10-5-2-6-11-31)45-42(46-41)34-22-23-35-33(26-34)21-24-36-38-37(47-39(35)36)12-7-25-43-38/h1-26H. The number of pyridine rings is 1. The second-order valence-corrected chi connectivity index (χ2v) is 11.5. The summed E-state index contributed by atoms with van der Waals surface area (Å²) >= 11 is 0. The Labute approximate surface area is 270 Å². The minimum Gasteiger partial charge on any atom is -0.454 e. The van der Waals surface area contributed by atoms with Gasteiger partial charge in [-0.25, -0.2) is 15.0 Å². The van der Waals surface area contributed by atoms with E-state index in [9.17, 15) is 0 Å². The molecule has 0 atom stereocenters. The van der Waals surface area contributed by atoms with Crippen LogP contribution in [0.15, 0.2) is 162 Å². The van der Waals surface area contributed by atoms with E-state index in [2.05, 4.69) is 108 Å². The van der Waals surface area contributed by atoms with Crippen molar-refractivity contribution in [3.05, 3.63) is 158 Å². The average molecular weight is 603 g/mol. The Bertz CT molecular complexity index is 2540. The van der Waals surface area contributed by atoms with Crippen molar-refractivity contribution in [2.24, 2.45) is 0 Å². The minimum atomic E-state index is 0.614. The molecule has 9 rings (SSSR count). The van der Waals surface area contributed by atoms with Crippen LogP contribution in [0.5, 0.6) is 0 Å². The number of nitrogens with zero attached hydrogens (tertiary/aromatic N) is 4. The second kappa shape index (κ2) is 11.2. The maximum absolute atomic E-state index is 6.23. The Morgan fingerprint density at radius 1 is 0.383 bits per heavy atom. The number of hydrogen-bond acceptors (Lipinski definition) is 5. The van der Waals surface area contributed by atoms with Crippen LogP contribution >= 0.6 is 0 Å². The molecule has 0 unspecified atom stereocenters. The molecule has 0 aliphatic rings. The summed E-state index contributed by atoms with van der Waals surface area (Å²) in [5.41, 5.74) is 9.95. The SMILES string of the molecule is c1ccc(-c2ccc(-c3ccc(-c4nc(-c5ccccc5)nc(-c5ccc6c(ccc7c8ncccc8oc67)c5)n4)cc3)cc2)cc1. The lowest BCUT2D eigenvalue weighted by molar-refractivity contribution is 0.672. The van der Waals surface area contributed by atoms with Gasteiger partial charge in [0.1, 0.15) is 11.1 Å². The lowest BCUT2D eigenvalue weighted by atomic mass is 9.99. The smallest absolute Gasteiger partial charge is 0.164 e. The van der Waals surface area contributed by atoms with E-state index >= 15 is 0 Å². The third kappa shape index (κ3) is 4.91. The summed E-state index contributed by atoms with van der Waals surface area (Å²) in [6.07, 6.45) is 1.80. The van der Waals surface area contributed by atoms with Gasteiger partial charge in [0.05, 0.1) is 0 Å². The second-order valence-electron chi connectivity index (χ2n) is 11.5. The van der Waals surface area contributed by atoms with E-state index in [4.69, 9.17) is 19.4 Å². The molecule has 220 valence electrons. The molecule has 0 saturated carbocycles. The van der Waals surface area contributed by atoms with E-state index in [1.54, 1.807) is 6.20 Å². The number of aromatic nitrogens is 4. The molecule has 0 radical (unpaired) electrons. The predicted octanol–water partition coefficient (Wildman–Crippen LogP) is 10.7. The maximum Gasteiger partial charge on any atom is 0.164 e. The first kappa shape index (κ1) is 26.9. The largest absolute Gasteiger partial charge is 0.454 e. The van der Waals surface area contributed by atoms with Crippen molar-refractivity contribution in [2.45, 2.75) is 0 Å². The topological polar surface area (TPSA) is 64.7 Å². The lowest BCUT2D eigenvalue weighted by Crippen LogP contribution is -2.00. The van der Waals surface area contributed by atoms with E-state index in [1.165, 1.54) is 11.1 Å². The summed E-state index contributed by atoms with van der Waals surface area (Å²) < 4.78 is 6.23. The quantitative estimate of drug-likeness (QED) is 0.196. The van der Waals surface area contributed by atoms with Crippen molar-refractivity contribution in [3.8, 4) is 56.4 Å². The van der Waals surface area contributed by atoms with Gasteiger partial charge in [-0.15, -0.1) is 0 Å². The molecule has 6 aromatic carbocycles. The molecule has 47 heavy (non-hydrogen) atoms. The normalized spacial score (nSPS) is 11.4. The molecule has 5 nitrogen and oxygen atoms in total. The summed E-state index contributed by atoms with van der Waals surface area (Å²) in [5, 5.41) is 3.07. The molecule has 0 spiro atoms. The fourth-order valence-corrected chi connectivity index (χ4v) is 6.17. The van der Waals surface area contributed by atoms with Crippen LogP contribution in [0.1, 0.15) is 0 Å². The molecule has 0 aliphatic heterocycles. The van der Waals surface area contributed by atoms with Gasteiger partial charge in [-0.1, -0.05) is 121 Å². The predicted molar refractivity (Wildman–Crippen MR) is 190 cm³/mol.